The fourth-order valence-electron chi connectivity index (χ4n) is 2.01. The number of hydrogen-bond acceptors (Lipinski definition) is 7. The number of benzene rings is 1. The molecule has 0 saturated heterocycles. The molecule has 126 valence electrons. The molecule has 0 bridgehead atoms. The van der Waals surface area contributed by atoms with Gasteiger partial charge in [0.05, 0.1) is 34.5 Å². The molecule has 2 N–H and O–H groups in total. The highest BCUT2D eigenvalue weighted by Crippen LogP contribution is 2.60. The highest BCUT2D eigenvalue weighted by atomic mass is 31.2. The van der Waals surface area contributed by atoms with Gasteiger partial charge in [-0.3, -0.25) is 4.57 Å². The summed E-state index contributed by atoms with van der Waals surface area (Å²) in [5, 5.41) is 0. The van der Waals surface area contributed by atoms with E-state index < -0.39 is 13.4 Å². The summed E-state index contributed by atoms with van der Waals surface area (Å²) in [6.07, 6.45) is 0. The average molecular weight is 333 g/mol. The molecule has 0 aliphatic carbocycles. The van der Waals surface area contributed by atoms with Crippen molar-refractivity contribution in [1.29, 1.82) is 0 Å². The van der Waals surface area contributed by atoms with E-state index >= 15 is 0 Å². The Hall–Kier alpha value is -1.27. The normalized spacial score (nSPS) is 12.8. The van der Waals surface area contributed by atoms with Crippen LogP contribution >= 0.6 is 7.60 Å². The maximum Gasteiger partial charge on any atom is 0.351 e. The molecule has 0 amide bonds. The predicted molar refractivity (Wildman–Crippen MR) is 83.9 cm³/mol. The van der Waals surface area contributed by atoms with Crippen LogP contribution in [0.2, 0.25) is 0 Å². The second-order valence-electron chi connectivity index (χ2n) is 4.27. The lowest BCUT2D eigenvalue weighted by Gasteiger charge is -2.25. The van der Waals surface area contributed by atoms with Crippen LogP contribution in [0.5, 0.6) is 17.2 Å². The lowest BCUT2D eigenvalue weighted by molar-refractivity contribution is 0.211. The summed E-state index contributed by atoms with van der Waals surface area (Å²) in [5.74, 6) is 0.359. The topological polar surface area (TPSA) is 89.2 Å². The number of ether oxygens (including phenoxy) is 3. The summed E-state index contributed by atoms with van der Waals surface area (Å²) in [5.41, 5.74) is 6.61. The van der Waals surface area contributed by atoms with Crippen LogP contribution in [0.15, 0.2) is 12.1 Å². The summed E-state index contributed by atoms with van der Waals surface area (Å²) in [7, 11) is 0.985. The maximum absolute atomic E-state index is 12.8. The largest absolute Gasteiger partial charge is 0.496 e. The molecule has 1 aromatic rings. The average Bonchev–Trinajstić information content (AvgIpc) is 2.53. The Labute approximate surface area is 131 Å². The molecule has 22 heavy (non-hydrogen) atoms. The van der Waals surface area contributed by atoms with Crippen LogP contribution in [0.4, 0.5) is 0 Å². The van der Waals surface area contributed by atoms with Gasteiger partial charge in [0.2, 0.25) is 0 Å². The molecule has 0 aliphatic heterocycles. The van der Waals surface area contributed by atoms with Crippen LogP contribution in [0.3, 0.4) is 0 Å². The fourth-order valence-corrected chi connectivity index (χ4v) is 3.67. The van der Waals surface area contributed by atoms with E-state index in [0.717, 1.165) is 0 Å². The van der Waals surface area contributed by atoms with E-state index in [1.54, 1.807) is 26.0 Å². The van der Waals surface area contributed by atoms with Crippen molar-refractivity contribution in [2.45, 2.75) is 19.6 Å². The monoisotopic (exact) mass is 333 g/mol. The van der Waals surface area contributed by atoms with Crippen LogP contribution in [0, 0.1) is 0 Å². The third kappa shape index (κ3) is 3.93. The molecule has 0 spiro atoms. The molecule has 0 aromatic heterocycles. The highest BCUT2D eigenvalue weighted by Gasteiger charge is 2.36. The minimum atomic E-state index is -3.52. The van der Waals surface area contributed by atoms with Gasteiger partial charge in [-0.15, -0.1) is 0 Å². The first kappa shape index (κ1) is 18.8. The molecular formula is C14H24NO6P. The van der Waals surface area contributed by atoms with E-state index in [1.165, 1.54) is 21.3 Å². The molecule has 7 nitrogen and oxygen atoms in total. The highest BCUT2D eigenvalue weighted by molar-refractivity contribution is 7.54. The molecule has 1 rings (SSSR count). The zero-order chi connectivity index (χ0) is 16.8. The first-order chi connectivity index (χ1) is 10.5. The van der Waals surface area contributed by atoms with Gasteiger partial charge >= 0.3 is 7.60 Å². The minimum Gasteiger partial charge on any atom is -0.496 e. The SMILES string of the molecule is CCOP(=O)(OCC)[C@@H](N)c1cc(OC)c(OC)cc1OC. The Kier molecular flexibility index (Phi) is 7.16. The van der Waals surface area contributed by atoms with Gasteiger partial charge in [0, 0.05) is 11.6 Å². The van der Waals surface area contributed by atoms with Crippen LogP contribution in [-0.2, 0) is 13.6 Å². The van der Waals surface area contributed by atoms with E-state index in [4.69, 9.17) is 29.0 Å². The smallest absolute Gasteiger partial charge is 0.351 e. The standard InChI is InChI=1S/C14H24NO6P/c1-6-20-22(16,21-7-2)14(15)10-8-12(18-4)13(19-5)9-11(10)17-3/h8-9,14H,6-7,15H2,1-5H3/t14-/m1/s1. The molecule has 0 radical (unpaired) electrons. The van der Waals surface area contributed by atoms with Gasteiger partial charge < -0.3 is 29.0 Å². The number of methoxy groups -OCH3 is 3. The van der Waals surface area contributed by atoms with Crippen molar-refractivity contribution in [3.8, 4) is 17.2 Å². The van der Waals surface area contributed by atoms with Gasteiger partial charge in [-0.1, -0.05) is 0 Å². The molecule has 8 heteroatoms. The van der Waals surface area contributed by atoms with Gasteiger partial charge in [-0.2, -0.15) is 0 Å². The second-order valence-corrected chi connectivity index (χ2v) is 6.42. The number of nitrogens with two attached hydrogens (primary N) is 1. The van der Waals surface area contributed by atoms with Gasteiger partial charge in [-0.05, 0) is 19.9 Å². The van der Waals surface area contributed by atoms with Crippen molar-refractivity contribution in [2.75, 3.05) is 34.5 Å². The second kappa shape index (κ2) is 8.39. The molecular weight excluding hydrogens is 309 g/mol. The van der Waals surface area contributed by atoms with E-state index in [2.05, 4.69) is 0 Å². The first-order valence-corrected chi connectivity index (χ1v) is 8.52. The van der Waals surface area contributed by atoms with Crippen molar-refractivity contribution in [3.05, 3.63) is 17.7 Å². The van der Waals surface area contributed by atoms with Gasteiger partial charge in [0.1, 0.15) is 11.5 Å². The third-order valence-corrected chi connectivity index (χ3v) is 5.21. The Morgan fingerprint density at radius 1 is 0.955 bits per heavy atom. The van der Waals surface area contributed by atoms with Crippen LogP contribution in [0.25, 0.3) is 0 Å². The van der Waals surface area contributed by atoms with Crippen molar-refractivity contribution < 1.29 is 27.8 Å². The van der Waals surface area contributed by atoms with Gasteiger partial charge in [-0.25, -0.2) is 0 Å². The Balaban J connectivity index is 3.36. The molecule has 0 heterocycles. The lowest BCUT2D eigenvalue weighted by atomic mass is 10.1. The molecule has 0 unspecified atom stereocenters. The van der Waals surface area contributed by atoms with Crippen LogP contribution in [0.1, 0.15) is 25.2 Å². The van der Waals surface area contributed by atoms with Crippen molar-refractivity contribution in [2.24, 2.45) is 5.73 Å². The number of rotatable bonds is 9. The summed E-state index contributed by atoms with van der Waals surface area (Å²) in [4.78, 5) is 0. The maximum atomic E-state index is 12.8. The summed E-state index contributed by atoms with van der Waals surface area (Å²) >= 11 is 0. The van der Waals surface area contributed by atoms with Crippen LogP contribution < -0.4 is 19.9 Å². The Bertz CT molecular complexity index is 526. The van der Waals surface area contributed by atoms with Crippen molar-refractivity contribution in [1.82, 2.24) is 0 Å². The fraction of sp³-hybridized carbons (Fsp3) is 0.571. The zero-order valence-electron chi connectivity index (χ0n) is 13.6. The Morgan fingerprint density at radius 3 is 1.82 bits per heavy atom. The first-order valence-electron chi connectivity index (χ1n) is 6.91. The van der Waals surface area contributed by atoms with E-state index in [1.807, 2.05) is 0 Å². The molecule has 0 aliphatic rings. The zero-order valence-corrected chi connectivity index (χ0v) is 14.5. The van der Waals surface area contributed by atoms with Crippen molar-refractivity contribution in [3.63, 3.8) is 0 Å². The molecule has 1 atom stereocenters. The molecule has 0 fully saturated rings. The summed E-state index contributed by atoms with van der Waals surface area (Å²) in [6, 6.07) is 3.24. The van der Waals surface area contributed by atoms with E-state index in [9.17, 15) is 4.57 Å². The third-order valence-electron chi connectivity index (χ3n) is 3.01. The minimum absolute atomic E-state index is 0.223. The Morgan fingerprint density at radius 2 is 1.41 bits per heavy atom. The van der Waals surface area contributed by atoms with Crippen LogP contribution in [-0.4, -0.2) is 34.5 Å². The van der Waals surface area contributed by atoms with E-state index in [0.29, 0.717) is 22.8 Å². The summed E-state index contributed by atoms with van der Waals surface area (Å²) < 4.78 is 39.2. The lowest BCUT2D eigenvalue weighted by Crippen LogP contribution is -2.16. The summed E-state index contributed by atoms with van der Waals surface area (Å²) in [6.45, 7) is 3.90. The number of hydrogen-bond donors (Lipinski definition) is 1. The van der Waals surface area contributed by atoms with Crippen molar-refractivity contribution >= 4 is 7.60 Å². The molecule has 1 aromatic carbocycles. The van der Waals surface area contributed by atoms with Gasteiger partial charge in [0.25, 0.3) is 0 Å². The van der Waals surface area contributed by atoms with Gasteiger partial charge in [0.15, 0.2) is 11.5 Å². The quantitative estimate of drug-likeness (QED) is 0.695. The predicted octanol–water partition coefficient (Wildman–Crippen LogP) is 2.94. The van der Waals surface area contributed by atoms with E-state index in [-0.39, 0.29) is 13.2 Å². The molecule has 0 saturated carbocycles.